The summed E-state index contributed by atoms with van der Waals surface area (Å²) in [5.41, 5.74) is 10.2. The highest BCUT2D eigenvalue weighted by atomic mass is 15.1. The van der Waals surface area contributed by atoms with Crippen molar-refractivity contribution in [3.63, 3.8) is 0 Å². The van der Waals surface area contributed by atoms with Crippen LogP contribution in [0.2, 0.25) is 0 Å². The van der Waals surface area contributed by atoms with Gasteiger partial charge >= 0.3 is 0 Å². The minimum atomic E-state index is 0.713. The predicted octanol–water partition coefficient (Wildman–Crippen LogP) is 7.15. The van der Waals surface area contributed by atoms with Gasteiger partial charge in [0.15, 0.2) is 0 Å². The Hall–Kier alpha value is -4.81. The number of allylic oxidation sites excluding steroid dienone is 7. The predicted molar refractivity (Wildman–Crippen MR) is 161 cm³/mol. The normalized spacial score (nSPS) is 13.9. The number of nitrogens with zero attached hydrogens (tertiary/aromatic N) is 3. The molecule has 0 fully saturated rings. The highest BCUT2D eigenvalue weighted by Gasteiger charge is 2.16. The lowest BCUT2D eigenvalue weighted by molar-refractivity contribution is 0.747. The van der Waals surface area contributed by atoms with Gasteiger partial charge in [-0.2, -0.15) is 5.10 Å². The van der Waals surface area contributed by atoms with Crippen LogP contribution in [0.4, 0.5) is 0 Å². The second kappa shape index (κ2) is 10.9. The summed E-state index contributed by atoms with van der Waals surface area (Å²) in [6.45, 7) is 7.57. The Morgan fingerprint density at radius 3 is 2.79 bits per heavy atom. The second-order valence-electron chi connectivity index (χ2n) is 9.55. The van der Waals surface area contributed by atoms with Crippen LogP contribution in [-0.2, 0) is 6.54 Å². The molecular weight excluding hydrogens is 480 g/mol. The molecule has 0 saturated carbocycles. The molecule has 0 saturated heterocycles. The van der Waals surface area contributed by atoms with Gasteiger partial charge in [0.1, 0.15) is 11.3 Å². The zero-order valence-corrected chi connectivity index (χ0v) is 21.9. The first kappa shape index (κ1) is 24.5. The maximum absolute atomic E-state index is 4.73. The van der Waals surface area contributed by atoms with Crippen molar-refractivity contribution in [3.05, 3.63) is 126 Å². The van der Waals surface area contributed by atoms with Gasteiger partial charge in [0, 0.05) is 30.1 Å². The van der Waals surface area contributed by atoms with Gasteiger partial charge < -0.3 is 10.3 Å². The van der Waals surface area contributed by atoms with Crippen molar-refractivity contribution in [2.24, 2.45) is 0 Å². The number of H-pyrrole nitrogens is 2. The maximum Gasteiger partial charge on any atom is 0.138 e. The van der Waals surface area contributed by atoms with Crippen LogP contribution in [0.15, 0.2) is 110 Å². The van der Waals surface area contributed by atoms with Gasteiger partial charge in [0.25, 0.3) is 0 Å². The maximum atomic E-state index is 4.73. The van der Waals surface area contributed by atoms with Crippen LogP contribution in [0.1, 0.15) is 30.2 Å². The number of hydrogen-bond acceptors (Lipinski definition) is 4. The summed E-state index contributed by atoms with van der Waals surface area (Å²) in [5.74, 6) is 0. The lowest BCUT2D eigenvalue weighted by atomic mass is 10.0. The molecule has 1 aliphatic carbocycles. The van der Waals surface area contributed by atoms with Crippen molar-refractivity contribution in [1.82, 2.24) is 30.5 Å². The summed E-state index contributed by atoms with van der Waals surface area (Å²) in [5, 5.41) is 13.4. The molecule has 6 rings (SSSR count). The van der Waals surface area contributed by atoms with E-state index in [-0.39, 0.29) is 0 Å². The molecule has 0 amide bonds. The molecule has 6 nitrogen and oxygen atoms in total. The molecule has 1 aromatic carbocycles. The first-order valence-electron chi connectivity index (χ1n) is 13.2. The summed E-state index contributed by atoms with van der Waals surface area (Å²) >= 11 is 0. The molecule has 0 radical (unpaired) electrons. The highest BCUT2D eigenvalue weighted by Crippen LogP contribution is 2.33. The van der Waals surface area contributed by atoms with E-state index in [9.17, 15) is 0 Å². The van der Waals surface area contributed by atoms with Crippen LogP contribution in [0.25, 0.3) is 44.5 Å². The lowest BCUT2D eigenvalue weighted by Crippen LogP contribution is -2.16. The van der Waals surface area contributed by atoms with E-state index in [0.29, 0.717) is 6.54 Å². The molecule has 0 bridgehead atoms. The number of aromatic amines is 2. The Labute approximate surface area is 227 Å². The number of hydrogen-bond donors (Lipinski definition) is 3. The Morgan fingerprint density at radius 2 is 2.00 bits per heavy atom. The van der Waals surface area contributed by atoms with Crippen LogP contribution >= 0.6 is 0 Å². The zero-order valence-electron chi connectivity index (χ0n) is 21.9. The first-order valence-corrected chi connectivity index (χ1v) is 13.2. The van der Waals surface area contributed by atoms with E-state index in [1.54, 1.807) is 0 Å². The van der Waals surface area contributed by atoms with E-state index in [1.807, 2.05) is 31.5 Å². The minimum Gasteiger partial charge on any atom is -0.338 e. The van der Waals surface area contributed by atoms with Crippen LogP contribution in [0, 0.1) is 0 Å². The number of rotatable bonds is 9. The Balaban J connectivity index is 1.30. The Morgan fingerprint density at radius 1 is 1.10 bits per heavy atom. The molecule has 4 aromatic heterocycles. The van der Waals surface area contributed by atoms with Gasteiger partial charge in [-0.3, -0.25) is 10.1 Å². The highest BCUT2D eigenvalue weighted by molar-refractivity contribution is 6.00. The first-order chi connectivity index (χ1) is 19.2. The molecule has 192 valence electrons. The van der Waals surface area contributed by atoms with E-state index < -0.39 is 0 Å². The molecule has 1 aliphatic rings. The molecule has 3 N–H and O–H groups in total. The fourth-order valence-electron chi connectivity index (χ4n) is 4.98. The summed E-state index contributed by atoms with van der Waals surface area (Å²) in [4.78, 5) is 12.8. The smallest absolute Gasteiger partial charge is 0.138 e. The zero-order chi connectivity index (χ0) is 26.6. The van der Waals surface area contributed by atoms with E-state index >= 15 is 0 Å². The summed E-state index contributed by atoms with van der Waals surface area (Å²) < 4.78 is 0. The van der Waals surface area contributed by atoms with Gasteiger partial charge in [0.05, 0.1) is 23.1 Å². The molecule has 0 atom stereocenters. The molecule has 0 unspecified atom stereocenters. The Kier molecular flexibility index (Phi) is 6.85. The van der Waals surface area contributed by atoms with Crippen molar-refractivity contribution in [2.75, 3.05) is 6.54 Å². The van der Waals surface area contributed by atoms with Crippen molar-refractivity contribution in [2.45, 2.75) is 19.9 Å². The quantitative estimate of drug-likeness (QED) is 0.184. The van der Waals surface area contributed by atoms with Crippen molar-refractivity contribution in [3.8, 4) is 11.4 Å². The van der Waals surface area contributed by atoms with Gasteiger partial charge in [0.2, 0.25) is 0 Å². The number of fused-ring (bicyclic) bond motifs is 2. The molecule has 0 spiro atoms. The van der Waals surface area contributed by atoms with Gasteiger partial charge in [-0.25, -0.2) is 4.98 Å². The third-order valence-corrected chi connectivity index (χ3v) is 7.03. The lowest BCUT2D eigenvalue weighted by Gasteiger charge is -2.08. The van der Waals surface area contributed by atoms with Crippen molar-refractivity contribution in [1.29, 1.82) is 0 Å². The molecule has 6 heteroatoms. The van der Waals surface area contributed by atoms with E-state index in [0.717, 1.165) is 63.1 Å². The van der Waals surface area contributed by atoms with Gasteiger partial charge in [-0.05, 0) is 65.5 Å². The van der Waals surface area contributed by atoms with Crippen molar-refractivity contribution < 1.29 is 0 Å². The number of pyridine rings is 2. The average molecular weight is 511 g/mol. The number of benzene rings is 1. The molecule has 0 aliphatic heterocycles. The fourth-order valence-corrected chi connectivity index (χ4v) is 4.98. The molecule has 5 aromatic rings. The number of nitrogens with one attached hydrogen (secondary N) is 3. The molecule has 39 heavy (non-hydrogen) atoms. The summed E-state index contributed by atoms with van der Waals surface area (Å²) in [6.07, 6.45) is 17.4. The van der Waals surface area contributed by atoms with Gasteiger partial charge in [-0.15, -0.1) is 0 Å². The largest absolute Gasteiger partial charge is 0.338 e. The van der Waals surface area contributed by atoms with Crippen molar-refractivity contribution >= 4 is 33.1 Å². The third-order valence-electron chi connectivity index (χ3n) is 7.03. The summed E-state index contributed by atoms with van der Waals surface area (Å²) in [6, 6.07) is 16.7. The van der Waals surface area contributed by atoms with E-state index in [2.05, 4.69) is 105 Å². The topological polar surface area (TPSA) is 82.3 Å². The van der Waals surface area contributed by atoms with Crippen LogP contribution in [-0.4, -0.2) is 31.7 Å². The van der Waals surface area contributed by atoms with E-state index in [1.165, 1.54) is 16.7 Å². The molecular formula is C33H30N6. The molecule has 4 heterocycles. The van der Waals surface area contributed by atoms with Crippen LogP contribution < -0.4 is 5.32 Å². The summed E-state index contributed by atoms with van der Waals surface area (Å²) in [7, 11) is 0. The minimum absolute atomic E-state index is 0.713. The standard InChI is InChI=1S/C33H30N6/c1-3-22(19-34-20-23-10-6-5-7-11-23)16-24(4-2)29-18-28-31(21-36-29)38-39-32(28)30-17-27-26(25-12-8-9-13-25)14-15-35-33(27)37-30/h3-8,10-18,21,34H,1,9,19-20H2,2H3,(H,35,37)(H,38,39)/b22-16+,24-4+. The van der Waals surface area contributed by atoms with Crippen LogP contribution in [0.3, 0.4) is 0 Å². The Bertz CT molecular complexity index is 1780. The van der Waals surface area contributed by atoms with Gasteiger partial charge in [-0.1, -0.05) is 67.3 Å². The SMILES string of the molecule is C=C/C(=C\C(=C/C)c1cc2c(-c3cc4c(C5=CCC=C5)ccnc4[nH]3)n[nH]c2cn1)CNCc1ccccc1. The monoisotopic (exact) mass is 510 g/mol. The van der Waals surface area contributed by atoms with Crippen LogP contribution in [0.5, 0.6) is 0 Å². The van der Waals surface area contributed by atoms with E-state index in [4.69, 9.17) is 4.98 Å². The number of aromatic nitrogens is 5. The second-order valence-corrected chi connectivity index (χ2v) is 9.55. The fraction of sp³-hybridized carbons (Fsp3) is 0.121. The third kappa shape index (κ3) is 5.02. The average Bonchev–Trinajstić information content (AvgIpc) is 3.74.